The summed E-state index contributed by atoms with van der Waals surface area (Å²) < 4.78 is 0. The second-order valence-electron chi connectivity index (χ2n) is 4.43. The smallest absolute Gasteiger partial charge is 0.0396 e. The molecule has 0 aromatic heterocycles. The second-order valence-corrected chi connectivity index (χ2v) is 4.43. The fraction of sp³-hybridized carbons (Fsp3) is 0.429. The first kappa shape index (κ1) is 12.8. The zero-order chi connectivity index (χ0) is 12.1. The lowest BCUT2D eigenvalue weighted by atomic mass is 10.1. The minimum atomic E-state index is 0.870. The van der Waals surface area contributed by atoms with E-state index in [1.54, 1.807) is 0 Å². The zero-order valence-electron chi connectivity index (χ0n) is 10.8. The minimum Gasteiger partial charge on any atom is -0.370 e. The van der Waals surface area contributed by atoms with Crippen molar-refractivity contribution < 1.29 is 0 Å². The summed E-state index contributed by atoms with van der Waals surface area (Å²) in [5, 5.41) is 3.12. The third-order valence-electron chi connectivity index (χ3n) is 2.65. The molecule has 0 atom stereocenters. The molecule has 0 aliphatic rings. The fourth-order valence-corrected chi connectivity index (χ4v) is 1.96. The van der Waals surface area contributed by atoms with Gasteiger partial charge in [-0.05, 0) is 38.1 Å². The molecule has 0 amide bonds. The maximum absolute atomic E-state index is 4.05. The number of nitrogens with one attached hydrogen (secondary N) is 1. The van der Waals surface area contributed by atoms with Crippen LogP contribution in [0.25, 0.3) is 0 Å². The van der Waals surface area contributed by atoms with E-state index in [-0.39, 0.29) is 0 Å². The van der Waals surface area contributed by atoms with Crippen molar-refractivity contribution in [3.05, 3.63) is 41.5 Å². The van der Waals surface area contributed by atoms with Crippen LogP contribution in [0.3, 0.4) is 0 Å². The molecular weight excluding hydrogens is 196 g/mol. The number of likely N-dealkylation sites (N-methyl/N-ethyl adjacent to an activating group) is 2. The SMILES string of the molecule is C=C(CNC)CN(C)c1ccc(C)cc1C. The van der Waals surface area contributed by atoms with Crippen molar-refractivity contribution in [3.63, 3.8) is 0 Å². The first-order valence-corrected chi connectivity index (χ1v) is 5.64. The van der Waals surface area contributed by atoms with Crippen LogP contribution in [0.5, 0.6) is 0 Å². The molecule has 1 aromatic rings. The van der Waals surface area contributed by atoms with Crippen LogP contribution in [0.4, 0.5) is 5.69 Å². The highest BCUT2D eigenvalue weighted by molar-refractivity contribution is 5.54. The van der Waals surface area contributed by atoms with Crippen LogP contribution in [0.1, 0.15) is 11.1 Å². The van der Waals surface area contributed by atoms with E-state index in [1.165, 1.54) is 22.4 Å². The first-order valence-electron chi connectivity index (χ1n) is 5.64. The molecule has 2 nitrogen and oxygen atoms in total. The summed E-state index contributed by atoms with van der Waals surface area (Å²) in [7, 11) is 4.06. The summed E-state index contributed by atoms with van der Waals surface area (Å²) in [6.45, 7) is 10.1. The van der Waals surface area contributed by atoms with E-state index in [1.807, 2.05) is 7.05 Å². The summed E-state index contributed by atoms with van der Waals surface area (Å²) >= 11 is 0. The Labute approximate surface area is 99.0 Å². The van der Waals surface area contributed by atoms with Crippen molar-refractivity contribution >= 4 is 5.69 Å². The molecule has 0 spiro atoms. The van der Waals surface area contributed by atoms with Gasteiger partial charge in [-0.25, -0.2) is 0 Å². The maximum Gasteiger partial charge on any atom is 0.0396 e. The van der Waals surface area contributed by atoms with Gasteiger partial charge in [0.15, 0.2) is 0 Å². The van der Waals surface area contributed by atoms with Crippen LogP contribution < -0.4 is 10.2 Å². The topological polar surface area (TPSA) is 15.3 Å². The number of aryl methyl sites for hydroxylation is 2. The molecule has 88 valence electrons. The third kappa shape index (κ3) is 3.38. The van der Waals surface area contributed by atoms with E-state index >= 15 is 0 Å². The largest absolute Gasteiger partial charge is 0.370 e. The van der Waals surface area contributed by atoms with Crippen molar-refractivity contribution in [3.8, 4) is 0 Å². The van der Waals surface area contributed by atoms with E-state index in [4.69, 9.17) is 0 Å². The molecule has 2 heteroatoms. The van der Waals surface area contributed by atoms with Gasteiger partial charge in [0.2, 0.25) is 0 Å². The Balaban J connectivity index is 2.72. The number of rotatable bonds is 5. The standard InChI is InChI=1S/C14H22N2/c1-11-6-7-14(13(3)8-11)16(5)10-12(2)9-15-4/h6-8,15H,2,9-10H2,1,3-5H3. The summed E-state index contributed by atoms with van der Waals surface area (Å²) in [6, 6.07) is 6.55. The summed E-state index contributed by atoms with van der Waals surface area (Å²) in [6.07, 6.45) is 0. The van der Waals surface area contributed by atoms with Crippen LogP contribution in [-0.4, -0.2) is 27.2 Å². The Kier molecular flexibility index (Phi) is 4.56. The fourth-order valence-electron chi connectivity index (χ4n) is 1.96. The van der Waals surface area contributed by atoms with Crippen LogP contribution >= 0.6 is 0 Å². The quantitative estimate of drug-likeness (QED) is 0.764. The predicted molar refractivity (Wildman–Crippen MR) is 72.3 cm³/mol. The van der Waals surface area contributed by atoms with Gasteiger partial charge in [-0.15, -0.1) is 0 Å². The van der Waals surface area contributed by atoms with Crippen molar-refractivity contribution in [2.24, 2.45) is 0 Å². The summed E-state index contributed by atoms with van der Waals surface area (Å²) in [5.41, 5.74) is 5.11. The summed E-state index contributed by atoms with van der Waals surface area (Å²) in [4.78, 5) is 2.24. The molecular formula is C14H22N2. The molecule has 1 N–H and O–H groups in total. The first-order chi connectivity index (χ1) is 7.54. The molecule has 0 saturated carbocycles. The highest BCUT2D eigenvalue weighted by atomic mass is 15.1. The lowest BCUT2D eigenvalue weighted by Crippen LogP contribution is -2.24. The number of hydrogen-bond donors (Lipinski definition) is 1. The monoisotopic (exact) mass is 218 g/mol. The molecule has 0 unspecified atom stereocenters. The molecule has 0 bridgehead atoms. The van der Waals surface area contributed by atoms with Gasteiger partial charge in [0.25, 0.3) is 0 Å². The number of hydrogen-bond acceptors (Lipinski definition) is 2. The van der Waals surface area contributed by atoms with Crippen LogP contribution in [0.2, 0.25) is 0 Å². The van der Waals surface area contributed by atoms with Gasteiger partial charge in [0.1, 0.15) is 0 Å². The van der Waals surface area contributed by atoms with E-state index in [9.17, 15) is 0 Å². The van der Waals surface area contributed by atoms with Gasteiger partial charge in [-0.2, -0.15) is 0 Å². The van der Waals surface area contributed by atoms with E-state index in [2.05, 4.69) is 55.9 Å². The lowest BCUT2D eigenvalue weighted by Gasteiger charge is -2.22. The van der Waals surface area contributed by atoms with Crippen molar-refractivity contribution in [2.45, 2.75) is 13.8 Å². The number of benzene rings is 1. The van der Waals surface area contributed by atoms with Gasteiger partial charge in [0.05, 0.1) is 0 Å². The van der Waals surface area contributed by atoms with Gasteiger partial charge in [0, 0.05) is 25.8 Å². The summed E-state index contributed by atoms with van der Waals surface area (Å²) in [5.74, 6) is 0. The highest BCUT2D eigenvalue weighted by Crippen LogP contribution is 2.20. The molecule has 0 saturated heterocycles. The average Bonchev–Trinajstić information content (AvgIpc) is 2.17. The molecule has 0 radical (unpaired) electrons. The van der Waals surface area contributed by atoms with Crippen molar-refractivity contribution in [2.75, 3.05) is 32.1 Å². The third-order valence-corrected chi connectivity index (χ3v) is 2.65. The number of anilines is 1. The Morgan fingerprint density at radius 2 is 2.06 bits per heavy atom. The van der Waals surface area contributed by atoms with E-state index in [0.717, 1.165) is 13.1 Å². The Hall–Kier alpha value is -1.28. The molecule has 0 aliphatic heterocycles. The highest BCUT2D eigenvalue weighted by Gasteiger charge is 2.05. The van der Waals surface area contributed by atoms with E-state index in [0.29, 0.717) is 0 Å². The minimum absolute atomic E-state index is 0.870. The van der Waals surface area contributed by atoms with Gasteiger partial charge >= 0.3 is 0 Å². The Morgan fingerprint density at radius 1 is 1.38 bits per heavy atom. The lowest BCUT2D eigenvalue weighted by molar-refractivity contribution is 0.839. The molecule has 16 heavy (non-hydrogen) atoms. The molecule has 0 fully saturated rings. The molecule has 1 aromatic carbocycles. The van der Waals surface area contributed by atoms with Crippen LogP contribution in [-0.2, 0) is 0 Å². The molecule has 1 rings (SSSR count). The Morgan fingerprint density at radius 3 is 2.62 bits per heavy atom. The van der Waals surface area contributed by atoms with Gasteiger partial charge in [-0.3, -0.25) is 0 Å². The number of nitrogens with zero attached hydrogens (tertiary/aromatic N) is 1. The normalized spacial score (nSPS) is 10.2. The maximum atomic E-state index is 4.05. The molecule has 0 heterocycles. The molecule has 0 aliphatic carbocycles. The van der Waals surface area contributed by atoms with Crippen LogP contribution in [0, 0.1) is 13.8 Å². The van der Waals surface area contributed by atoms with Crippen molar-refractivity contribution in [1.29, 1.82) is 0 Å². The van der Waals surface area contributed by atoms with Gasteiger partial charge < -0.3 is 10.2 Å². The van der Waals surface area contributed by atoms with Gasteiger partial charge in [-0.1, -0.05) is 24.3 Å². The van der Waals surface area contributed by atoms with E-state index < -0.39 is 0 Å². The average molecular weight is 218 g/mol. The zero-order valence-corrected chi connectivity index (χ0v) is 10.8. The predicted octanol–water partition coefficient (Wildman–Crippen LogP) is 2.52. The Bertz CT molecular complexity index is 369. The van der Waals surface area contributed by atoms with Crippen LogP contribution in [0.15, 0.2) is 30.4 Å². The second kappa shape index (κ2) is 5.71. The van der Waals surface area contributed by atoms with Crippen molar-refractivity contribution in [1.82, 2.24) is 5.32 Å².